The van der Waals surface area contributed by atoms with Crippen molar-refractivity contribution in [2.75, 3.05) is 18.5 Å². The number of nitro groups is 1. The van der Waals surface area contributed by atoms with E-state index in [-0.39, 0.29) is 10.6 Å². The number of halogens is 1. The molecule has 0 heterocycles. The Bertz CT molecular complexity index is 956. The van der Waals surface area contributed by atoms with Crippen LogP contribution in [0.15, 0.2) is 36.4 Å². The predicted octanol–water partition coefficient (Wildman–Crippen LogP) is 2.78. The maximum absolute atomic E-state index is 12.0. The van der Waals surface area contributed by atoms with Gasteiger partial charge in [-0.15, -0.1) is 0 Å². The average molecular weight is 420 g/mol. The number of aryl methyl sites for hydroxylation is 2. The van der Waals surface area contributed by atoms with Crippen LogP contribution in [-0.4, -0.2) is 35.9 Å². The van der Waals surface area contributed by atoms with Gasteiger partial charge < -0.3 is 15.4 Å². The van der Waals surface area contributed by atoms with Gasteiger partial charge in [-0.3, -0.25) is 24.5 Å². The van der Waals surface area contributed by atoms with Crippen molar-refractivity contribution in [3.63, 3.8) is 0 Å². The number of nitrogens with one attached hydrogen (secondary N) is 2. The highest BCUT2D eigenvalue weighted by molar-refractivity contribution is 6.32. The van der Waals surface area contributed by atoms with Crippen LogP contribution in [0.5, 0.6) is 0 Å². The molecule has 0 spiro atoms. The largest absolute Gasteiger partial charge is 0.454 e. The Morgan fingerprint density at radius 1 is 1.14 bits per heavy atom. The predicted molar refractivity (Wildman–Crippen MR) is 106 cm³/mol. The van der Waals surface area contributed by atoms with Gasteiger partial charge in [-0.05, 0) is 37.1 Å². The number of anilines is 1. The molecule has 2 aromatic rings. The van der Waals surface area contributed by atoms with Crippen LogP contribution in [-0.2, 0) is 14.3 Å². The summed E-state index contributed by atoms with van der Waals surface area (Å²) in [6.45, 7) is 2.65. The van der Waals surface area contributed by atoms with Crippen molar-refractivity contribution in [2.24, 2.45) is 0 Å². The zero-order chi connectivity index (χ0) is 21.6. The second kappa shape index (κ2) is 9.65. The van der Waals surface area contributed by atoms with Crippen LogP contribution >= 0.6 is 11.6 Å². The molecule has 0 radical (unpaired) electrons. The average Bonchev–Trinajstić information content (AvgIpc) is 2.67. The molecule has 2 aromatic carbocycles. The molecule has 0 unspecified atom stereocenters. The van der Waals surface area contributed by atoms with Crippen molar-refractivity contribution in [2.45, 2.75) is 13.8 Å². The molecular formula is C19H18ClN3O6. The number of para-hydroxylation sites is 1. The van der Waals surface area contributed by atoms with Crippen LogP contribution in [0.2, 0.25) is 5.02 Å². The van der Waals surface area contributed by atoms with Gasteiger partial charge in [0.15, 0.2) is 6.61 Å². The van der Waals surface area contributed by atoms with Crippen LogP contribution in [0.25, 0.3) is 0 Å². The first-order valence-corrected chi connectivity index (χ1v) is 8.80. The summed E-state index contributed by atoms with van der Waals surface area (Å²) in [7, 11) is 0. The number of rotatable bonds is 7. The highest BCUT2D eigenvalue weighted by Gasteiger charge is 2.17. The van der Waals surface area contributed by atoms with Crippen molar-refractivity contribution < 1.29 is 24.0 Å². The van der Waals surface area contributed by atoms with E-state index in [1.54, 1.807) is 0 Å². The summed E-state index contributed by atoms with van der Waals surface area (Å²) in [5.41, 5.74) is 1.92. The number of carbonyl (C=O) groups excluding carboxylic acids is 3. The Kier molecular flexibility index (Phi) is 7.27. The molecular weight excluding hydrogens is 402 g/mol. The summed E-state index contributed by atoms with van der Waals surface area (Å²) in [5.74, 6) is -2.07. The molecule has 0 saturated carbocycles. The van der Waals surface area contributed by atoms with Gasteiger partial charge in [0, 0.05) is 17.3 Å². The molecule has 152 valence electrons. The lowest BCUT2D eigenvalue weighted by Gasteiger charge is -2.11. The standard InChI is InChI=1S/C19H18ClN3O6/c1-11-4-3-5-12(2)18(11)22-16(24)10-29-17(25)9-21-19(26)13-6-7-14(20)15(8-13)23(27)28/h3-8H,9-10H2,1-2H3,(H,21,26)(H,22,24). The number of hydrogen-bond donors (Lipinski definition) is 2. The Morgan fingerprint density at radius 3 is 2.41 bits per heavy atom. The molecule has 9 nitrogen and oxygen atoms in total. The minimum absolute atomic E-state index is 0.0401. The number of amides is 2. The van der Waals surface area contributed by atoms with Crippen LogP contribution in [0.4, 0.5) is 11.4 Å². The Hall–Kier alpha value is -3.46. The molecule has 0 fully saturated rings. The van der Waals surface area contributed by atoms with Crippen LogP contribution < -0.4 is 10.6 Å². The van der Waals surface area contributed by atoms with Gasteiger partial charge in [-0.2, -0.15) is 0 Å². The summed E-state index contributed by atoms with van der Waals surface area (Å²) in [5, 5.41) is 15.7. The molecule has 2 rings (SSSR count). The first-order valence-electron chi connectivity index (χ1n) is 8.43. The fourth-order valence-corrected chi connectivity index (χ4v) is 2.62. The van der Waals surface area contributed by atoms with Crippen molar-refractivity contribution in [3.8, 4) is 0 Å². The maximum Gasteiger partial charge on any atom is 0.325 e. The van der Waals surface area contributed by atoms with Gasteiger partial charge in [0.25, 0.3) is 17.5 Å². The summed E-state index contributed by atoms with van der Waals surface area (Å²) in [6, 6.07) is 9.04. The lowest BCUT2D eigenvalue weighted by molar-refractivity contribution is -0.384. The molecule has 2 amide bonds. The molecule has 0 aromatic heterocycles. The molecule has 0 aliphatic rings. The number of ether oxygens (including phenoxy) is 1. The summed E-state index contributed by atoms with van der Waals surface area (Å²) in [4.78, 5) is 45.9. The molecule has 10 heteroatoms. The monoisotopic (exact) mass is 419 g/mol. The van der Waals surface area contributed by atoms with Gasteiger partial charge in [-0.25, -0.2) is 0 Å². The lowest BCUT2D eigenvalue weighted by atomic mass is 10.1. The third-order valence-electron chi connectivity index (χ3n) is 3.91. The fourth-order valence-electron chi connectivity index (χ4n) is 2.43. The van der Waals surface area contributed by atoms with Crippen molar-refractivity contribution >= 4 is 40.8 Å². The smallest absolute Gasteiger partial charge is 0.325 e. The zero-order valence-corrected chi connectivity index (χ0v) is 16.4. The fraction of sp³-hybridized carbons (Fsp3) is 0.211. The highest BCUT2D eigenvalue weighted by atomic mass is 35.5. The minimum Gasteiger partial charge on any atom is -0.454 e. The van der Waals surface area contributed by atoms with E-state index in [1.807, 2.05) is 32.0 Å². The van der Waals surface area contributed by atoms with Gasteiger partial charge >= 0.3 is 5.97 Å². The summed E-state index contributed by atoms with van der Waals surface area (Å²) < 4.78 is 4.83. The first-order chi connectivity index (χ1) is 13.7. The Labute approximate surface area is 171 Å². The number of benzene rings is 2. The van der Waals surface area contributed by atoms with Gasteiger partial charge in [0.2, 0.25) is 0 Å². The van der Waals surface area contributed by atoms with E-state index in [0.29, 0.717) is 5.69 Å². The van der Waals surface area contributed by atoms with E-state index < -0.39 is 41.5 Å². The van der Waals surface area contributed by atoms with E-state index in [0.717, 1.165) is 17.2 Å². The van der Waals surface area contributed by atoms with Crippen LogP contribution in [0.3, 0.4) is 0 Å². The molecule has 0 aliphatic heterocycles. The first kappa shape index (κ1) is 21.8. The van der Waals surface area contributed by atoms with Gasteiger partial charge in [-0.1, -0.05) is 29.8 Å². The molecule has 0 aliphatic carbocycles. The SMILES string of the molecule is Cc1cccc(C)c1NC(=O)COC(=O)CNC(=O)c1ccc(Cl)c([N+](=O)[O-])c1. The lowest BCUT2D eigenvalue weighted by Crippen LogP contribution is -2.32. The normalized spacial score (nSPS) is 10.2. The molecule has 0 bridgehead atoms. The molecule has 29 heavy (non-hydrogen) atoms. The number of esters is 1. The Morgan fingerprint density at radius 2 is 1.79 bits per heavy atom. The highest BCUT2D eigenvalue weighted by Crippen LogP contribution is 2.25. The van der Waals surface area contributed by atoms with E-state index in [1.165, 1.54) is 12.1 Å². The van der Waals surface area contributed by atoms with Crippen molar-refractivity contribution in [1.82, 2.24) is 5.32 Å². The number of hydrogen-bond acceptors (Lipinski definition) is 6. The third-order valence-corrected chi connectivity index (χ3v) is 4.23. The molecule has 0 atom stereocenters. The maximum atomic E-state index is 12.0. The van der Waals surface area contributed by atoms with Crippen LogP contribution in [0.1, 0.15) is 21.5 Å². The van der Waals surface area contributed by atoms with E-state index in [9.17, 15) is 24.5 Å². The van der Waals surface area contributed by atoms with Gasteiger partial charge in [0.05, 0.1) is 4.92 Å². The second-order valence-electron chi connectivity index (χ2n) is 6.08. The minimum atomic E-state index is -0.835. The zero-order valence-electron chi connectivity index (χ0n) is 15.7. The topological polar surface area (TPSA) is 128 Å². The van der Waals surface area contributed by atoms with E-state index in [4.69, 9.17) is 16.3 Å². The third kappa shape index (κ3) is 6.01. The van der Waals surface area contributed by atoms with Crippen LogP contribution in [0, 0.1) is 24.0 Å². The number of nitrogens with zero attached hydrogens (tertiary/aromatic N) is 1. The molecule has 2 N–H and O–H groups in total. The molecule has 0 saturated heterocycles. The Balaban J connectivity index is 1.84. The summed E-state index contributed by atoms with van der Waals surface area (Å²) >= 11 is 5.69. The summed E-state index contributed by atoms with van der Waals surface area (Å²) in [6.07, 6.45) is 0. The second-order valence-corrected chi connectivity index (χ2v) is 6.49. The number of carbonyl (C=O) groups is 3. The van der Waals surface area contributed by atoms with E-state index >= 15 is 0 Å². The quantitative estimate of drug-likeness (QED) is 0.403. The van der Waals surface area contributed by atoms with Gasteiger partial charge in [0.1, 0.15) is 11.6 Å². The van der Waals surface area contributed by atoms with Crippen molar-refractivity contribution in [1.29, 1.82) is 0 Å². The van der Waals surface area contributed by atoms with Crippen molar-refractivity contribution in [3.05, 3.63) is 68.2 Å². The number of nitro benzene ring substituents is 1. The van der Waals surface area contributed by atoms with E-state index in [2.05, 4.69) is 10.6 Å².